The number of hydrogen-bond donors (Lipinski definition) is 1. The van der Waals surface area contributed by atoms with Crippen LogP contribution >= 0.6 is 0 Å². The van der Waals surface area contributed by atoms with Gasteiger partial charge in [-0.2, -0.15) is 0 Å². The summed E-state index contributed by atoms with van der Waals surface area (Å²) in [5.41, 5.74) is 2.39. The van der Waals surface area contributed by atoms with Crippen LogP contribution in [0.25, 0.3) is 5.70 Å². The van der Waals surface area contributed by atoms with E-state index in [9.17, 15) is 0 Å². The highest BCUT2D eigenvalue weighted by molar-refractivity contribution is 5.65. The van der Waals surface area contributed by atoms with Gasteiger partial charge in [0.05, 0.1) is 6.33 Å². The van der Waals surface area contributed by atoms with Gasteiger partial charge in [-0.25, -0.2) is 4.98 Å². The predicted molar refractivity (Wildman–Crippen MR) is 69.0 cm³/mol. The topological polar surface area (TPSA) is 29.9 Å². The third kappa shape index (κ3) is 3.21. The summed E-state index contributed by atoms with van der Waals surface area (Å²) < 4.78 is 2.02. The van der Waals surface area contributed by atoms with E-state index in [4.69, 9.17) is 0 Å². The van der Waals surface area contributed by atoms with Gasteiger partial charge in [0.2, 0.25) is 0 Å². The molecule has 0 saturated carbocycles. The highest BCUT2D eigenvalue weighted by Gasteiger charge is 2.04. The maximum absolute atomic E-state index is 4.07. The van der Waals surface area contributed by atoms with E-state index in [2.05, 4.69) is 22.5 Å². The minimum Gasteiger partial charge on any atom is -0.316 e. The number of aromatic nitrogens is 2. The first-order valence-electron chi connectivity index (χ1n) is 5.45. The summed E-state index contributed by atoms with van der Waals surface area (Å²) in [6.45, 7) is 4.89. The zero-order valence-electron chi connectivity index (χ0n) is 10.1. The zero-order chi connectivity index (χ0) is 11.8. The van der Waals surface area contributed by atoms with Crippen molar-refractivity contribution in [1.29, 1.82) is 0 Å². The van der Waals surface area contributed by atoms with E-state index in [-0.39, 0.29) is 0 Å². The fourth-order valence-electron chi connectivity index (χ4n) is 1.54. The van der Waals surface area contributed by atoms with Gasteiger partial charge in [0.15, 0.2) is 0 Å². The van der Waals surface area contributed by atoms with Crippen molar-refractivity contribution in [1.82, 2.24) is 14.9 Å². The molecular formula is C13H19N3. The van der Waals surface area contributed by atoms with E-state index in [0.29, 0.717) is 0 Å². The van der Waals surface area contributed by atoms with Crippen molar-refractivity contribution in [3.63, 3.8) is 0 Å². The molecule has 0 aliphatic carbocycles. The number of hydrogen-bond acceptors (Lipinski definition) is 2. The van der Waals surface area contributed by atoms with Crippen LogP contribution in [0.1, 0.15) is 13.8 Å². The summed E-state index contributed by atoms with van der Waals surface area (Å²) in [6.07, 6.45) is 13.8. The largest absolute Gasteiger partial charge is 0.316 e. The number of rotatable bonds is 5. The maximum Gasteiger partial charge on any atom is 0.0991 e. The van der Waals surface area contributed by atoms with Gasteiger partial charge in [-0.15, -0.1) is 0 Å². The molecule has 0 amide bonds. The molecule has 0 aliphatic rings. The average Bonchev–Trinajstić information content (AvgIpc) is 2.80. The highest BCUT2D eigenvalue weighted by Crippen LogP contribution is 2.15. The number of imidazole rings is 1. The molecule has 0 aliphatic heterocycles. The summed E-state index contributed by atoms with van der Waals surface area (Å²) in [6, 6.07) is 0. The minimum absolute atomic E-state index is 0.836. The number of nitrogens with one attached hydrogen (secondary N) is 1. The Bertz CT molecular complexity index is 383. The van der Waals surface area contributed by atoms with Gasteiger partial charge in [0.25, 0.3) is 0 Å². The molecule has 1 aromatic rings. The Labute approximate surface area is 97.2 Å². The van der Waals surface area contributed by atoms with Gasteiger partial charge in [-0.05, 0) is 26.5 Å². The van der Waals surface area contributed by atoms with E-state index in [1.54, 1.807) is 6.20 Å². The van der Waals surface area contributed by atoms with Crippen molar-refractivity contribution < 1.29 is 0 Å². The molecule has 1 aromatic heterocycles. The normalized spacial score (nSPS) is 13.7. The van der Waals surface area contributed by atoms with Crippen LogP contribution in [0.15, 0.2) is 48.6 Å². The summed E-state index contributed by atoms with van der Waals surface area (Å²) in [4.78, 5) is 4.07. The molecule has 1 heterocycles. The van der Waals surface area contributed by atoms with Crippen LogP contribution in [-0.4, -0.2) is 23.1 Å². The van der Waals surface area contributed by atoms with Crippen LogP contribution in [0, 0.1) is 0 Å². The third-order valence-electron chi connectivity index (χ3n) is 2.24. The molecule has 0 atom stereocenters. The van der Waals surface area contributed by atoms with E-state index >= 15 is 0 Å². The molecule has 16 heavy (non-hydrogen) atoms. The Morgan fingerprint density at radius 3 is 2.75 bits per heavy atom. The van der Waals surface area contributed by atoms with E-state index in [0.717, 1.165) is 12.2 Å². The Morgan fingerprint density at radius 1 is 1.44 bits per heavy atom. The molecule has 0 bridgehead atoms. The molecular weight excluding hydrogens is 198 g/mol. The molecule has 1 rings (SSSR count). The predicted octanol–water partition coefficient (Wildman–Crippen LogP) is 2.47. The second-order valence-corrected chi connectivity index (χ2v) is 3.39. The molecule has 0 radical (unpaired) electrons. The zero-order valence-corrected chi connectivity index (χ0v) is 10.1. The number of allylic oxidation sites excluding steroid dienone is 4. The molecule has 1 N–H and O–H groups in total. The van der Waals surface area contributed by atoms with E-state index < -0.39 is 0 Å². The molecule has 0 aromatic carbocycles. The fraction of sp³-hybridized carbons (Fsp3) is 0.308. The Morgan fingerprint density at radius 2 is 2.25 bits per heavy atom. The van der Waals surface area contributed by atoms with Gasteiger partial charge in [-0.1, -0.05) is 24.3 Å². The van der Waals surface area contributed by atoms with Crippen LogP contribution in [0.4, 0.5) is 0 Å². The van der Waals surface area contributed by atoms with Gasteiger partial charge >= 0.3 is 0 Å². The van der Waals surface area contributed by atoms with Crippen LogP contribution < -0.4 is 5.32 Å². The first-order chi connectivity index (χ1) is 7.83. The second-order valence-electron chi connectivity index (χ2n) is 3.39. The lowest BCUT2D eigenvalue weighted by Crippen LogP contribution is -2.13. The van der Waals surface area contributed by atoms with Crippen LogP contribution in [0.5, 0.6) is 0 Å². The average molecular weight is 217 g/mol. The monoisotopic (exact) mass is 217 g/mol. The minimum atomic E-state index is 0.836. The molecule has 0 fully saturated rings. The van der Waals surface area contributed by atoms with Crippen LogP contribution in [0.3, 0.4) is 0 Å². The third-order valence-corrected chi connectivity index (χ3v) is 2.24. The van der Waals surface area contributed by atoms with Gasteiger partial charge in [0, 0.05) is 24.6 Å². The number of nitrogens with zero attached hydrogens (tertiary/aromatic N) is 2. The summed E-state index contributed by atoms with van der Waals surface area (Å²) >= 11 is 0. The molecule has 3 heteroatoms. The first kappa shape index (κ1) is 12.5. The van der Waals surface area contributed by atoms with Crippen molar-refractivity contribution in [2.75, 3.05) is 13.6 Å². The van der Waals surface area contributed by atoms with Crippen LogP contribution in [0.2, 0.25) is 0 Å². The van der Waals surface area contributed by atoms with E-state index in [1.807, 2.05) is 50.1 Å². The van der Waals surface area contributed by atoms with Crippen molar-refractivity contribution >= 4 is 5.70 Å². The van der Waals surface area contributed by atoms with Crippen molar-refractivity contribution in [2.24, 2.45) is 0 Å². The standard InChI is InChI=1S/C13H19N3/c1-4-6-7-12(10-14-3)13(5-2)16-9-8-15-11-16/h4-9,11,14H,10H2,1-3H3/b6-4-,12-7-,13-5+. The lowest BCUT2D eigenvalue weighted by atomic mass is 10.1. The molecule has 0 saturated heterocycles. The number of likely N-dealkylation sites (N-methyl/N-ethyl adjacent to an activating group) is 1. The van der Waals surface area contributed by atoms with Gasteiger partial charge in [-0.3, -0.25) is 0 Å². The first-order valence-corrected chi connectivity index (χ1v) is 5.45. The second kappa shape index (κ2) is 6.80. The highest BCUT2D eigenvalue weighted by atomic mass is 15.0. The summed E-state index contributed by atoms with van der Waals surface area (Å²) in [7, 11) is 1.95. The maximum atomic E-state index is 4.07. The van der Waals surface area contributed by atoms with Gasteiger partial charge < -0.3 is 9.88 Å². The molecule has 0 unspecified atom stereocenters. The quantitative estimate of drug-likeness (QED) is 0.768. The van der Waals surface area contributed by atoms with Gasteiger partial charge in [0.1, 0.15) is 0 Å². The fourth-order valence-corrected chi connectivity index (χ4v) is 1.54. The Kier molecular flexibility index (Phi) is 5.29. The lowest BCUT2D eigenvalue weighted by Gasteiger charge is -2.12. The van der Waals surface area contributed by atoms with E-state index in [1.165, 1.54) is 5.57 Å². The summed E-state index contributed by atoms with van der Waals surface area (Å²) in [5, 5.41) is 3.18. The van der Waals surface area contributed by atoms with Crippen LogP contribution in [-0.2, 0) is 0 Å². The Balaban J connectivity index is 3.00. The molecule has 0 spiro atoms. The summed E-state index contributed by atoms with van der Waals surface area (Å²) in [5.74, 6) is 0. The van der Waals surface area contributed by atoms with Crippen molar-refractivity contribution in [3.8, 4) is 0 Å². The van der Waals surface area contributed by atoms with Crippen molar-refractivity contribution in [2.45, 2.75) is 13.8 Å². The molecule has 3 nitrogen and oxygen atoms in total. The lowest BCUT2D eigenvalue weighted by molar-refractivity contribution is 0.884. The smallest absolute Gasteiger partial charge is 0.0991 e. The molecule has 86 valence electrons. The van der Waals surface area contributed by atoms with Crippen molar-refractivity contribution in [3.05, 3.63) is 48.6 Å². The SMILES string of the molecule is C\C=C/C=C(CNC)\C(=C/C)n1ccnc1. The Hall–Kier alpha value is -1.61.